The van der Waals surface area contributed by atoms with Crippen LogP contribution in [0, 0.1) is 10.1 Å². The summed E-state index contributed by atoms with van der Waals surface area (Å²) in [4.78, 5) is 39.2. The predicted octanol–water partition coefficient (Wildman–Crippen LogP) is 4.50. The molecule has 3 rings (SSSR count). The molecule has 1 heterocycles. The lowest BCUT2D eigenvalue weighted by Gasteiger charge is -2.32. The van der Waals surface area contributed by atoms with Crippen molar-refractivity contribution in [2.24, 2.45) is 0 Å². The molecule has 3 amide bonds. The predicted molar refractivity (Wildman–Crippen MR) is 102 cm³/mol. The van der Waals surface area contributed by atoms with E-state index in [1.807, 2.05) is 0 Å². The number of nitrogens with zero attached hydrogens (tertiary/aromatic N) is 3. The summed E-state index contributed by atoms with van der Waals surface area (Å²) in [5, 5.41) is 11.3. The Morgan fingerprint density at radius 1 is 0.963 bits per heavy atom. The number of nitro benzene ring substituents is 1. The highest BCUT2D eigenvalue weighted by Crippen LogP contribution is 2.24. The van der Waals surface area contributed by atoms with Gasteiger partial charge in [-0.3, -0.25) is 14.9 Å². The highest BCUT2D eigenvalue weighted by atomic mass is 35.5. The van der Waals surface area contributed by atoms with Crippen molar-refractivity contribution in [3.8, 4) is 0 Å². The van der Waals surface area contributed by atoms with Crippen molar-refractivity contribution < 1.29 is 14.5 Å². The van der Waals surface area contributed by atoms with Crippen LogP contribution in [0.15, 0.2) is 48.5 Å². The first-order chi connectivity index (χ1) is 13.0. The molecule has 0 aromatic heterocycles. The minimum Gasteiger partial charge on any atom is -0.324 e. The summed E-state index contributed by atoms with van der Waals surface area (Å²) in [6.45, 7) is 1.19. The average molecular weight is 388 g/mol. The van der Waals surface area contributed by atoms with Crippen molar-refractivity contribution in [3.63, 3.8) is 0 Å². The van der Waals surface area contributed by atoms with Gasteiger partial charge in [0.1, 0.15) is 0 Å². The van der Waals surface area contributed by atoms with Gasteiger partial charge in [-0.05, 0) is 55.7 Å². The number of carbonyl (C=O) groups excluding carboxylic acids is 2. The minimum atomic E-state index is -0.539. The maximum Gasteiger partial charge on any atom is 0.331 e. The van der Waals surface area contributed by atoms with Crippen molar-refractivity contribution in [1.82, 2.24) is 4.90 Å². The number of non-ortho nitro benzene ring substituents is 1. The van der Waals surface area contributed by atoms with Crippen molar-refractivity contribution >= 4 is 34.9 Å². The Hall–Kier alpha value is -2.93. The molecule has 0 N–H and O–H groups in total. The molecule has 2 aromatic rings. The third-order valence-electron chi connectivity index (χ3n) is 4.43. The number of hydrogen-bond acceptors (Lipinski definition) is 4. The Balaban J connectivity index is 1.95. The van der Waals surface area contributed by atoms with Gasteiger partial charge in [0.15, 0.2) is 0 Å². The lowest BCUT2D eigenvalue weighted by molar-refractivity contribution is -0.384. The number of hydrogen-bond donors (Lipinski definition) is 0. The molecule has 0 spiro atoms. The summed E-state index contributed by atoms with van der Waals surface area (Å²) >= 11 is 5.93. The summed E-state index contributed by atoms with van der Waals surface area (Å²) in [6, 6.07) is 11.2. The average Bonchev–Trinajstić information content (AvgIpc) is 2.70. The van der Waals surface area contributed by atoms with E-state index in [-0.39, 0.29) is 11.3 Å². The number of urea groups is 1. The molecule has 1 saturated heterocycles. The molecule has 0 saturated carbocycles. The fraction of sp³-hybridized carbons (Fsp3) is 0.263. The number of likely N-dealkylation sites (tertiary alicyclic amines) is 1. The van der Waals surface area contributed by atoms with Gasteiger partial charge >= 0.3 is 6.03 Å². The first-order valence-electron chi connectivity index (χ1n) is 8.61. The van der Waals surface area contributed by atoms with Gasteiger partial charge in [0.05, 0.1) is 10.6 Å². The molecule has 1 aliphatic heterocycles. The van der Waals surface area contributed by atoms with E-state index in [0.717, 1.165) is 24.2 Å². The molecular formula is C19H18ClN3O4. The number of piperidine rings is 1. The largest absolute Gasteiger partial charge is 0.331 e. The summed E-state index contributed by atoms with van der Waals surface area (Å²) in [5.74, 6) is -0.539. The summed E-state index contributed by atoms with van der Waals surface area (Å²) in [7, 11) is 0. The normalized spacial score (nSPS) is 13.9. The third-order valence-corrected chi connectivity index (χ3v) is 4.68. The molecule has 27 heavy (non-hydrogen) atoms. The SMILES string of the molecule is O=C(c1ccc([N+](=O)[O-])cc1)N(C(=O)N1CCCCC1)c1ccc(Cl)cc1. The van der Waals surface area contributed by atoms with Gasteiger partial charge in [-0.2, -0.15) is 0 Å². The molecule has 0 radical (unpaired) electrons. The van der Waals surface area contributed by atoms with E-state index in [1.165, 1.54) is 24.3 Å². The Kier molecular flexibility index (Phi) is 5.71. The zero-order chi connectivity index (χ0) is 19.4. The van der Waals surface area contributed by atoms with Crippen LogP contribution in [-0.2, 0) is 0 Å². The molecule has 0 aliphatic carbocycles. The molecule has 0 unspecified atom stereocenters. The van der Waals surface area contributed by atoms with Crippen LogP contribution in [0.5, 0.6) is 0 Å². The molecule has 0 atom stereocenters. The quantitative estimate of drug-likeness (QED) is 0.573. The highest BCUT2D eigenvalue weighted by molar-refractivity contribution is 6.30. The van der Waals surface area contributed by atoms with Gasteiger partial charge in [0.25, 0.3) is 11.6 Å². The van der Waals surface area contributed by atoms with Gasteiger partial charge in [0, 0.05) is 35.8 Å². The highest BCUT2D eigenvalue weighted by Gasteiger charge is 2.30. The zero-order valence-corrected chi connectivity index (χ0v) is 15.3. The van der Waals surface area contributed by atoms with Gasteiger partial charge in [0.2, 0.25) is 0 Å². The van der Waals surface area contributed by atoms with Gasteiger partial charge in [-0.25, -0.2) is 9.69 Å². The van der Waals surface area contributed by atoms with Crippen LogP contribution in [0.2, 0.25) is 5.02 Å². The van der Waals surface area contributed by atoms with Crippen LogP contribution in [0.4, 0.5) is 16.2 Å². The lowest BCUT2D eigenvalue weighted by Crippen LogP contribution is -2.48. The van der Waals surface area contributed by atoms with E-state index < -0.39 is 16.9 Å². The Morgan fingerprint density at radius 3 is 2.11 bits per heavy atom. The second-order valence-electron chi connectivity index (χ2n) is 6.25. The van der Waals surface area contributed by atoms with Crippen LogP contribution in [0.1, 0.15) is 29.6 Å². The number of imide groups is 1. The van der Waals surface area contributed by atoms with Crippen molar-refractivity contribution in [2.45, 2.75) is 19.3 Å². The van der Waals surface area contributed by atoms with Gasteiger partial charge in [-0.1, -0.05) is 11.6 Å². The fourth-order valence-corrected chi connectivity index (χ4v) is 3.11. The minimum absolute atomic E-state index is 0.119. The Bertz CT molecular complexity index is 846. The second kappa shape index (κ2) is 8.18. The van der Waals surface area contributed by atoms with E-state index in [0.29, 0.717) is 23.8 Å². The standard InChI is InChI=1S/C19H18ClN3O4/c20-15-6-10-16(11-7-15)22(19(25)21-12-2-1-3-13-21)18(24)14-4-8-17(9-5-14)23(26)27/h4-11H,1-3,12-13H2. The fourth-order valence-electron chi connectivity index (χ4n) is 2.99. The van der Waals surface area contributed by atoms with Gasteiger partial charge in [-0.15, -0.1) is 0 Å². The molecular weight excluding hydrogens is 370 g/mol. The monoisotopic (exact) mass is 387 g/mol. The van der Waals surface area contributed by atoms with E-state index in [9.17, 15) is 19.7 Å². The molecule has 7 nitrogen and oxygen atoms in total. The summed E-state index contributed by atoms with van der Waals surface area (Å²) < 4.78 is 0. The van der Waals surface area contributed by atoms with Crippen molar-refractivity contribution in [1.29, 1.82) is 0 Å². The maximum absolute atomic E-state index is 13.1. The van der Waals surface area contributed by atoms with Crippen molar-refractivity contribution in [2.75, 3.05) is 18.0 Å². The number of benzene rings is 2. The molecule has 0 bridgehead atoms. The zero-order valence-electron chi connectivity index (χ0n) is 14.5. The molecule has 8 heteroatoms. The number of carbonyl (C=O) groups is 2. The molecule has 1 aliphatic rings. The lowest BCUT2D eigenvalue weighted by atomic mass is 10.1. The topological polar surface area (TPSA) is 83.8 Å². The first-order valence-corrected chi connectivity index (χ1v) is 8.98. The molecule has 1 fully saturated rings. The Labute approximate surface area is 161 Å². The van der Waals surface area contributed by atoms with E-state index in [2.05, 4.69) is 0 Å². The first kappa shape index (κ1) is 18.8. The van der Waals surface area contributed by atoms with Crippen LogP contribution >= 0.6 is 11.6 Å². The second-order valence-corrected chi connectivity index (χ2v) is 6.69. The number of nitro groups is 1. The Morgan fingerprint density at radius 2 is 1.56 bits per heavy atom. The van der Waals surface area contributed by atoms with E-state index in [1.54, 1.807) is 29.2 Å². The van der Waals surface area contributed by atoms with Crippen LogP contribution in [0.3, 0.4) is 0 Å². The summed E-state index contributed by atoms with van der Waals surface area (Å²) in [5.41, 5.74) is 0.478. The van der Waals surface area contributed by atoms with Crippen LogP contribution in [0.25, 0.3) is 0 Å². The number of anilines is 1. The molecule has 140 valence electrons. The van der Waals surface area contributed by atoms with Crippen LogP contribution < -0.4 is 4.90 Å². The van der Waals surface area contributed by atoms with E-state index in [4.69, 9.17) is 11.6 Å². The number of rotatable bonds is 3. The van der Waals surface area contributed by atoms with Gasteiger partial charge < -0.3 is 4.90 Å². The third kappa shape index (κ3) is 4.25. The number of amides is 3. The smallest absolute Gasteiger partial charge is 0.324 e. The molecule has 2 aromatic carbocycles. The van der Waals surface area contributed by atoms with Crippen molar-refractivity contribution in [3.05, 3.63) is 69.2 Å². The van der Waals surface area contributed by atoms with Crippen LogP contribution in [-0.4, -0.2) is 34.9 Å². The number of halogens is 1. The van der Waals surface area contributed by atoms with E-state index >= 15 is 0 Å². The summed E-state index contributed by atoms with van der Waals surface area (Å²) in [6.07, 6.45) is 2.85. The maximum atomic E-state index is 13.1.